The van der Waals surface area contributed by atoms with Gasteiger partial charge in [0.05, 0.1) is 29.3 Å². The molecular weight excluding hydrogens is 418 g/mol. The number of thiocarbonyl (C=S) groups is 1. The summed E-state index contributed by atoms with van der Waals surface area (Å²) in [5, 5.41) is 6.38. The molecule has 2 unspecified atom stereocenters. The molecule has 2 aromatic rings. The van der Waals surface area contributed by atoms with E-state index in [1.807, 2.05) is 34.5 Å². The minimum atomic E-state index is -3.01. The van der Waals surface area contributed by atoms with E-state index in [9.17, 15) is 8.42 Å². The molecule has 0 amide bonds. The van der Waals surface area contributed by atoms with Gasteiger partial charge >= 0.3 is 0 Å². The molecule has 0 radical (unpaired) electrons. The summed E-state index contributed by atoms with van der Waals surface area (Å²) in [7, 11) is -3.01. The Labute approximate surface area is 151 Å². The minimum absolute atomic E-state index is 0.122. The predicted octanol–water partition coefficient (Wildman–Crippen LogP) is 2.43. The lowest BCUT2D eigenvalue weighted by Gasteiger charge is -2.19. The van der Waals surface area contributed by atoms with Crippen molar-refractivity contribution >= 4 is 59.6 Å². The molecule has 1 aromatic carbocycles. The van der Waals surface area contributed by atoms with Gasteiger partial charge in [0.15, 0.2) is 20.1 Å². The maximum absolute atomic E-state index is 11.9. The Balaban J connectivity index is 1.67. The number of benzene rings is 1. The van der Waals surface area contributed by atoms with Gasteiger partial charge in [-0.1, -0.05) is 28.1 Å². The second-order valence-corrected chi connectivity index (χ2v) is 9.89. The molecule has 2 saturated heterocycles. The van der Waals surface area contributed by atoms with Gasteiger partial charge in [0.2, 0.25) is 0 Å². The fraction of sp³-hybridized carbons (Fsp3) is 0.286. The first-order valence-corrected chi connectivity index (χ1v) is 10.8. The molecule has 5 nitrogen and oxygen atoms in total. The highest BCUT2D eigenvalue weighted by atomic mass is 79.9. The largest absolute Gasteiger partial charge is 0.356 e. The Morgan fingerprint density at radius 2 is 2.22 bits per heavy atom. The van der Waals surface area contributed by atoms with Crippen molar-refractivity contribution in [3.63, 3.8) is 0 Å². The molecule has 0 saturated carbocycles. The molecule has 0 spiro atoms. The normalized spacial score (nSPS) is 25.4. The summed E-state index contributed by atoms with van der Waals surface area (Å²) >= 11 is 10.3. The van der Waals surface area contributed by atoms with Gasteiger partial charge in [-0.3, -0.25) is 4.90 Å². The van der Waals surface area contributed by atoms with Crippen LogP contribution in [0.3, 0.4) is 0 Å². The Hall–Kier alpha value is -1.03. The van der Waals surface area contributed by atoms with Crippen molar-refractivity contribution in [1.82, 2.24) is 10.3 Å². The summed E-state index contributed by atoms with van der Waals surface area (Å²) in [5.74, 6) is 0.259. The summed E-state index contributed by atoms with van der Waals surface area (Å²) in [4.78, 5) is 6.52. The van der Waals surface area contributed by atoms with E-state index in [4.69, 9.17) is 12.2 Å². The predicted molar refractivity (Wildman–Crippen MR) is 99.7 cm³/mol. The van der Waals surface area contributed by atoms with Crippen molar-refractivity contribution in [3.05, 3.63) is 34.1 Å². The van der Waals surface area contributed by atoms with Gasteiger partial charge < -0.3 is 5.32 Å². The molecular formula is C14H12BrN3O2S3. The van der Waals surface area contributed by atoms with Gasteiger partial charge in [0, 0.05) is 15.4 Å². The van der Waals surface area contributed by atoms with Gasteiger partial charge in [0.25, 0.3) is 0 Å². The van der Waals surface area contributed by atoms with E-state index in [2.05, 4.69) is 26.2 Å². The van der Waals surface area contributed by atoms with Gasteiger partial charge in [0.1, 0.15) is 0 Å². The van der Waals surface area contributed by atoms with E-state index in [1.54, 1.807) is 0 Å². The van der Waals surface area contributed by atoms with Gasteiger partial charge in [-0.15, -0.1) is 11.3 Å². The van der Waals surface area contributed by atoms with Crippen molar-refractivity contribution in [2.24, 2.45) is 0 Å². The van der Waals surface area contributed by atoms with E-state index < -0.39 is 9.84 Å². The van der Waals surface area contributed by atoms with Crippen molar-refractivity contribution in [2.75, 3.05) is 16.4 Å². The van der Waals surface area contributed by atoms with E-state index in [-0.39, 0.29) is 23.6 Å². The van der Waals surface area contributed by atoms with E-state index >= 15 is 0 Å². The third-order valence-electron chi connectivity index (χ3n) is 4.00. The molecule has 3 heterocycles. The van der Waals surface area contributed by atoms with Crippen molar-refractivity contribution in [2.45, 2.75) is 12.1 Å². The smallest absolute Gasteiger partial charge is 0.192 e. The minimum Gasteiger partial charge on any atom is -0.356 e. The third kappa shape index (κ3) is 2.79. The van der Waals surface area contributed by atoms with Crippen molar-refractivity contribution in [1.29, 1.82) is 0 Å². The van der Waals surface area contributed by atoms with E-state index in [0.717, 1.165) is 20.9 Å². The zero-order valence-corrected chi connectivity index (χ0v) is 15.8. The van der Waals surface area contributed by atoms with E-state index in [1.165, 1.54) is 11.3 Å². The lowest BCUT2D eigenvalue weighted by Crippen LogP contribution is -2.36. The summed E-state index contributed by atoms with van der Waals surface area (Å²) in [6.45, 7) is 0. The SMILES string of the molecule is O=S1(=O)CC2NC(=S)N(c3nc(-c4cccc(Br)c4)cs3)C2C1. The molecule has 0 aliphatic carbocycles. The summed E-state index contributed by atoms with van der Waals surface area (Å²) in [6, 6.07) is 7.62. The molecule has 4 rings (SSSR count). The fourth-order valence-electron chi connectivity index (χ4n) is 2.98. The van der Waals surface area contributed by atoms with Crippen LogP contribution in [-0.2, 0) is 9.84 Å². The molecule has 23 heavy (non-hydrogen) atoms. The van der Waals surface area contributed by atoms with Gasteiger partial charge in [-0.2, -0.15) is 0 Å². The molecule has 2 aliphatic heterocycles. The van der Waals surface area contributed by atoms with Crippen LogP contribution in [0.1, 0.15) is 0 Å². The van der Waals surface area contributed by atoms with Crippen LogP contribution in [0.5, 0.6) is 0 Å². The number of rotatable bonds is 2. The number of hydrogen-bond donors (Lipinski definition) is 1. The number of fused-ring (bicyclic) bond motifs is 1. The molecule has 1 aromatic heterocycles. The zero-order valence-electron chi connectivity index (χ0n) is 11.8. The quantitative estimate of drug-likeness (QED) is 0.739. The number of thiazole rings is 1. The Kier molecular flexibility index (Phi) is 3.71. The number of halogens is 1. The highest BCUT2D eigenvalue weighted by molar-refractivity contribution is 9.10. The second-order valence-electron chi connectivity index (χ2n) is 5.60. The highest BCUT2D eigenvalue weighted by Gasteiger charge is 2.48. The molecule has 9 heteroatoms. The number of hydrogen-bond acceptors (Lipinski definition) is 5. The average molecular weight is 430 g/mol. The van der Waals surface area contributed by atoms with Crippen LogP contribution in [-0.4, -0.2) is 42.1 Å². The van der Waals surface area contributed by atoms with Crippen LogP contribution in [0.25, 0.3) is 11.3 Å². The molecule has 1 N–H and O–H groups in total. The number of anilines is 1. The number of sulfone groups is 1. The molecule has 2 fully saturated rings. The Morgan fingerprint density at radius 3 is 3.00 bits per heavy atom. The second kappa shape index (κ2) is 5.51. The number of nitrogens with zero attached hydrogens (tertiary/aromatic N) is 2. The standard InChI is InChI=1S/C14H12BrN3O2S3/c15-9-3-1-2-8(4-9)10-5-22-14(17-10)18-12-7-23(19,20)6-11(12)16-13(18)21/h1-5,11-12H,6-7H2,(H,16,21). The molecule has 120 valence electrons. The summed E-state index contributed by atoms with van der Waals surface area (Å²) in [6.07, 6.45) is 0. The maximum Gasteiger partial charge on any atom is 0.192 e. The van der Waals surface area contributed by atoms with E-state index in [0.29, 0.717) is 5.11 Å². The maximum atomic E-state index is 11.9. The average Bonchev–Trinajstić information content (AvgIpc) is 3.11. The van der Waals surface area contributed by atoms with Crippen LogP contribution < -0.4 is 10.2 Å². The number of nitrogens with one attached hydrogen (secondary N) is 1. The Bertz CT molecular complexity index is 896. The van der Waals surface area contributed by atoms with Crippen LogP contribution in [0.15, 0.2) is 34.1 Å². The van der Waals surface area contributed by atoms with Crippen LogP contribution in [0, 0.1) is 0 Å². The topological polar surface area (TPSA) is 62.3 Å². The first-order chi connectivity index (χ1) is 10.9. The summed E-state index contributed by atoms with van der Waals surface area (Å²) < 4.78 is 24.7. The first kappa shape index (κ1) is 15.5. The van der Waals surface area contributed by atoms with Crippen LogP contribution in [0.2, 0.25) is 0 Å². The molecule has 2 aliphatic rings. The fourth-order valence-corrected chi connectivity index (χ4v) is 6.60. The zero-order chi connectivity index (χ0) is 16.2. The lowest BCUT2D eigenvalue weighted by molar-refractivity contribution is 0.600. The lowest BCUT2D eigenvalue weighted by atomic mass is 10.2. The summed E-state index contributed by atoms with van der Waals surface area (Å²) in [5.41, 5.74) is 1.87. The first-order valence-electron chi connectivity index (χ1n) is 6.94. The van der Waals surface area contributed by atoms with Crippen LogP contribution >= 0.6 is 39.5 Å². The number of aromatic nitrogens is 1. The van der Waals surface area contributed by atoms with Crippen LogP contribution in [0.4, 0.5) is 5.13 Å². The Morgan fingerprint density at radius 1 is 1.39 bits per heavy atom. The van der Waals surface area contributed by atoms with Gasteiger partial charge in [-0.25, -0.2) is 13.4 Å². The third-order valence-corrected chi connectivity index (χ3v) is 7.36. The van der Waals surface area contributed by atoms with Crippen molar-refractivity contribution in [3.8, 4) is 11.3 Å². The van der Waals surface area contributed by atoms with Gasteiger partial charge in [-0.05, 0) is 24.4 Å². The van der Waals surface area contributed by atoms with Crippen molar-refractivity contribution < 1.29 is 8.42 Å². The molecule has 2 atom stereocenters. The highest BCUT2D eigenvalue weighted by Crippen LogP contribution is 2.34. The monoisotopic (exact) mass is 429 g/mol. The molecule has 0 bridgehead atoms.